The van der Waals surface area contributed by atoms with Crippen molar-refractivity contribution in [1.82, 2.24) is 25.3 Å². The Morgan fingerprint density at radius 1 is 1.09 bits per heavy atom. The normalized spacial score (nSPS) is 10.8. The number of ether oxygens (including phenoxy) is 1. The molecule has 0 spiro atoms. The maximum Gasteiger partial charge on any atom is 0.277 e. The summed E-state index contributed by atoms with van der Waals surface area (Å²) in [5, 5.41) is 15.9. The molecule has 0 aliphatic heterocycles. The van der Waals surface area contributed by atoms with Gasteiger partial charge >= 0.3 is 0 Å². The largest absolute Gasteiger partial charge is 0.497 e. The third-order valence-electron chi connectivity index (χ3n) is 5.13. The van der Waals surface area contributed by atoms with Gasteiger partial charge in [-0.15, -0.1) is 10.2 Å². The van der Waals surface area contributed by atoms with E-state index in [-0.39, 0.29) is 11.7 Å². The van der Waals surface area contributed by atoms with Crippen LogP contribution in [0.4, 0.5) is 0 Å². The highest BCUT2D eigenvalue weighted by Crippen LogP contribution is 2.25. The molecule has 4 rings (SSSR count). The molecule has 4 aromatic rings. The van der Waals surface area contributed by atoms with Crippen molar-refractivity contribution >= 4 is 17.7 Å². The van der Waals surface area contributed by atoms with Gasteiger partial charge in [0.2, 0.25) is 11.8 Å². The molecule has 1 amide bonds. The van der Waals surface area contributed by atoms with Gasteiger partial charge in [0, 0.05) is 30.4 Å². The Labute approximate surface area is 196 Å². The van der Waals surface area contributed by atoms with Gasteiger partial charge in [-0.2, -0.15) is 5.10 Å². The first-order valence-corrected chi connectivity index (χ1v) is 11.6. The first-order valence-electron chi connectivity index (χ1n) is 10.6. The third-order valence-corrected chi connectivity index (χ3v) is 5.93. The molecule has 8 nitrogen and oxygen atoms in total. The molecule has 2 heterocycles. The van der Waals surface area contributed by atoms with Gasteiger partial charge in [-0.05, 0) is 43.2 Å². The van der Waals surface area contributed by atoms with Crippen LogP contribution in [0.1, 0.15) is 12.1 Å². The van der Waals surface area contributed by atoms with Crippen molar-refractivity contribution < 1.29 is 13.9 Å². The third kappa shape index (κ3) is 6.01. The predicted molar refractivity (Wildman–Crippen MR) is 127 cm³/mol. The summed E-state index contributed by atoms with van der Waals surface area (Å²) < 4.78 is 10.8. The molecule has 0 bridgehead atoms. The van der Waals surface area contributed by atoms with Crippen molar-refractivity contribution in [2.45, 2.75) is 18.1 Å². The number of aromatic amines is 1. The second kappa shape index (κ2) is 10.8. The van der Waals surface area contributed by atoms with E-state index in [1.807, 2.05) is 61.6 Å². The minimum Gasteiger partial charge on any atom is -0.497 e. The summed E-state index contributed by atoms with van der Waals surface area (Å²) in [6, 6.07) is 19.5. The van der Waals surface area contributed by atoms with E-state index < -0.39 is 0 Å². The lowest BCUT2D eigenvalue weighted by Crippen LogP contribution is -2.29. The monoisotopic (exact) mass is 463 g/mol. The van der Waals surface area contributed by atoms with E-state index in [2.05, 4.69) is 26.5 Å². The number of benzene rings is 2. The number of nitrogens with one attached hydrogen (secondary N) is 1. The van der Waals surface area contributed by atoms with Crippen LogP contribution in [0.15, 0.2) is 70.3 Å². The average Bonchev–Trinajstić information content (AvgIpc) is 3.53. The fourth-order valence-electron chi connectivity index (χ4n) is 3.23. The van der Waals surface area contributed by atoms with Crippen LogP contribution >= 0.6 is 11.8 Å². The number of carbonyl (C=O) groups is 1. The number of thioether (sulfide) groups is 1. The molecule has 0 aliphatic rings. The lowest BCUT2D eigenvalue weighted by molar-refractivity contribution is -0.127. The molecule has 33 heavy (non-hydrogen) atoms. The van der Waals surface area contributed by atoms with E-state index in [0.29, 0.717) is 17.7 Å². The number of nitrogens with zero attached hydrogens (tertiary/aromatic N) is 4. The minimum atomic E-state index is 0.0128. The van der Waals surface area contributed by atoms with Crippen molar-refractivity contribution in [2.75, 3.05) is 26.5 Å². The van der Waals surface area contributed by atoms with Crippen LogP contribution < -0.4 is 4.74 Å². The topological polar surface area (TPSA) is 97.1 Å². The lowest BCUT2D eigenvalue weighted by atomic mass is 10.1. The zero-order chi connectivity index (χ0) is 23.0. The van der Waals surface area contributed by atoms with Gasteiger partial charge in [0.05, 0.1) is 18.6 Å². The molecule has 0 saturated carbocycles. The number of carbonyl (C=O) groups excluding carboxylic acids is 1. The maximum atomic E-state index is 12.5. The predicted octanol–water partition coefficient (Wildman–Crippen LogP) is 4.32. The second-order valence-corrected chi connectivity index (χ2v) is 8.38. The van der Waals surface area contributed by atoms with Crippen LogP contribution in [-0.4, -0.2) is 57.7 Å². The summed E-state index contributed by atoms with van der Waals surface area (Å²) in [5.74, 6) is 1.42. The average molecular weight is 464 g/mol. The Morgan fingerprint density at radius 2 is 1.88 bits per heavy atom. The molecule has 1 N–H and O–H groups in total. The van der Waals surface area contributed by atoms with Crippen molar-refractivity contribution in [3.8, 4) is 28.5 Å². The number of H-pyrrole nitrogens is 1. The Kier molecular flexibility index (Phi) is 7.41. The highest BCUT2D eigenvalue weighted by Gasteiger charge is 2.14. The molecule has 170 valence electrons. The van der Waals surface area contributed by atoms with E-state index in [9.17, 15) is 4.79 Å². The van der Waals surface area contributed by atoms with Gasteiger partial charge in [-0.1, -0.05) is 42.1 Å². The Hall–Kier alpha value is -3.59. The number of amides is 1. The number of aromatic nitrogens is 4. The SMILES string of the molecule is COc1ccc(-c2nnc(SCC(=O)N(C)CCCc3cc(-c4ccccc4)n[nH]3)o2)cc1. The highest BCUT2D eigenvalue weighted by atomic mass is 32.2. The summed E-state index contributed by atoms with van der Waals surface area (Å²) in [4.78, 5) is 14.2. The fourth-order valence-corrected chi connectivity index (χ4v) is 3.93. The number of methoxy groups -OCH3 is 1. The van der Waals surface area contributed by atoms with Crippen LogP contribution in [0.25, 0.3) is 22.7 Å². The van der Waals surface area contributed by atoms with E-state index in [1.54, 1.807) is 12.0 Å². The molecule has 0 unspecified atom stereocenters. The molecule has 0 atom stereocenters. The van der Waals surface area contributed by atoms with Crippen LogP contribution in [-0.2, 0) is 11.2 Å². The molecule has 0 fully saturated rings. The van der Waals surface area contributed by atoms with Crippen LogP contribution in [0.2, 0.25) is 0 Å². The Bertz CT molecular complexity index is 1170. The first-order chi connectivity index (χ1) is 16.1. The molecule has 0 saturated heterocycles. The highest BCUT2D eigenvalue weighted by molar-refractivity contribution is 7.99. The zero-order valence-electron chi connectivity index (χ0n) is 18.5. The van der Waals surface area contributed by atoms with Crippen molar-refractivity contribution in [1.29, 1.82) is 0 Å². The van der Waals surface area contributed by atoms with Gasteiger partial charge in [0.1, 0.15) is 5.75 Å². The van der Waals surface area contributed by atoms with E-state index >= 15 is 0 Å². The molecular formula is C24H25N5O3S. The van der Waals surface area contributed by atoms with Gasteiger partial charge in [0.15, 0.2) is 0 Å². The molecule has 9 heteroatoms. The number of hydrogen-bond acceptors (Lipinski definition) is 7. The molecule has 2 aromatic carbocycles. The summed E-state index contributed by atoms with van der Waals surface area (Å²) in [6.45, 7) is 0.653. The van der Waals surface area contributed by atoms with Gasteiger partial charge in [0.25, 0.3) is 5.22 Å². The number of rotatable bonds is 10. The smallest absolute Gasteiger partial charge is 0.277 e. The van der Waals surface area contributed by atoms with E-state index in [4.69, 9.17) is 9.15 Å². The molecule has 0 radical (unpaired) electrons. The fraction of sp³-hybridized carbons (Fsp3) is 0.250. The summed E-state index contributed by atoms with van der Waals surface area (Å²) >= 11 is 1.24. The van der Waals surface area contributed by atoms with Crippen LogP contribution in [0.3, 0.4) is 0 Å². The standard InChI is InChI=1S/C24H25N5O3S/c1-29(14-6-9-19-15-21(26-25-19)17-7-4-3-5-8-17)22(30)16-33-24-28-27-23(32-24)18-10-12-20(31-2)13-11-18/h3-5,7-8,10-13,15H,6,9,14,16H2,1-2H3,(H,25,26). The number of hydrogen-bond donors (Lipinski definition) is 1. The van der Waals surface area contributed by atoms with Crippen molar-refractivity contribution in [3.05, 3.63) is 66.4 Å². The zero-order valence-corrected chi connectivity index (χ0v) is 19.3. The minimum absolute atomic E-state index is 0.0128. The van der Waals surface area contributed by atoms with E-state index in [1.165, 1.54) is 11.8 Å². The van der Waals surface area contributed by atoms with Gasteiger partial charge < -0.3 is 14.1 Å². The first kappa shape index (κ1) is 22.6. The summed E-state index contributed by atoms with van der Waals surface area (Å²) in [6.07, 6.45) is 1.66. The van der Waals surface area contributed by atoms with E-state index in [0.717, 1.165) is 41.1 Å². The van der Waals surface area contributed by atoms with Gasteiger partial charge in [-0.25, -0.2) is 0 Å². The summed E-state index contributed by atoms with van der Waals surface area (Å²) in [5.41, 5.74) is 3.87. The van der Waals surface area contributed by atoms with Crippen LogP contribution in [0.5, 0.6) is 5.75 Å². The van der Waals surface area contributed by atoms with Crippen LogP contribution in [0, 0.1) is 0 Å². The maximum absolute atomic E-state index is 12.5. The number of aryl methyl sites for hydroxylation is 1. The van der Waals surface area contributed by atoms with Crippen molar-refractivity contribution in [3.63, 3.8) is 0 Å². The molecular weight excluding hydrogens is 438 g/mol. The van der Waals surface area contributed by atoms with Gasteiger partial charge in [-0.3, -0.25) is 9.89 Å². The van der Waals surface area contributed by atoms with Crippen molar-refractivity contribution in [2.24, 2.45) is 0 Å². The summed E-state index contributed by atoms with van der Waals surface area (Å²) in [7, 11) is 3.42. The quantitative estimate of drug-likeness (QED) is 0.350. The molecule has 2 aromatic heterocycles. The Balaban J connectivity index is 1.21. The lowest BCUT2D eigenvalue weighted by Gasteiger charge is -2.16. The molecule has 0 aliphatic carbocycles. The Morgan fingerprint density at radius 3 is 2.64 bits per heavy atom. The second-order valence-electron chi connectivity index (χ2n) is 7.45.